The number of rotatable bonds is 1. The second-order valence-corrected chi connectivity index (χ2v) is 5.90. The number of hydrogen-bond donors (Lipinski definition) is 0. The summed E-state index contributed by atoms with van der Waals surface area (Å²) in [5.41, 5.74) is 2.98. The molecule has 0 aliphatic heterocycles. The molecule has 0 fully saturated rings. The maximum Gasteiger partial charge on any atom is 0.180 e. The lowest BCUT2D eigenvalue weighted by Crippen LogP contribution is -2.21. The van der Waals surface area contributed by atoms with E-state index >= 15 is 0 Å². The highest BCUT2D eigenvalue weighted by Crippen LogP contribution is 2.52. The predicted molar refractivity (Wildman–Crippen MR) is 67.0 cm³/mol. The predicted octanol–water partition coefficient (Wildman–Crippen LogP) is 3.95. The Balaban J connectivity index is 2.12. The second kappa shape index (κ2) is 3.46. The van der Waals surface area contributed by atoms with Gasteiger partial charge in [-0.15, -0.1) is 0 Å². The lowest BCUT2D eigenvalue weighted by molar-refractivity contribution is 0.287. The van der Waals surface area contributed by atoms with E-state index in [1.54, 1.807) is 0 Å². The Labute approximate surface area is 102 Å². The summed E-state index contributed by atoms with van der Waals surface area (Å²) >= 11 is 0. The van der Waals surface area contributed by atoms with Crippen molar-refractivity contribution in [3.8, 4) is 0 Å². The summed E-state index contributed by atoms with van der Waals surface area (Å²) in [5, 5.41) is 0. The molecule has 2 heteroatoms. The number of aromatic nitrogens is 1. The quantitative estimate of drug-likeness (QED) is 0.737. The van der Waals surface area contributed by atoms with Gasteiger partial charge >= 0.3 is 0 Å². The topological polar surface area (TPSA) is 26.0 Å². The van der Waals surface area contributed by atoms with Crippen molar-refractivity contribution in [1.82, 2.24) is 4.98 Å². The molecule has 2 atom stereocenters. The molecule has 2 nitrogen and oxygen atoms in total. The fourth-order valence-corrected chi connectivity index (χ4v) is 3.04. The van der Waals surface area contributed by atoms with Gasteiger partial charge in [0.25, 0.3) is 0 Å². The lowest BCUT2D eigenvalue weighted by atomic mass is 9.71. The molecule has 0 spiro atoms. The second-order valence-electron chi connectivity index (χ2n) is 5.90. The van der Waals surface area contributed by atoms with E-state index in [1.807, 2.05) is 6.20 Å². The average Bonchev–Trinajstić information content (AvgIpc) is 2.83. The number of hydrogen-bond acceptors (Lipinski definition) is 2. The molecular weight excluding hydrogens is 210 g/mol. The Morgan fingerprint density at radius 1 is 1.18 bits per heavy atom. The smallest absolute Gasteiger partial charge is 0.180 e. The van der Waals surface area contributed by atoms with Gasteiger partial charge in [0.15, 0.2) is 6.39 Å². The van der Waals surface area contributed by atoms with Gasteiger partial charge in [0.2, 0.25) is 0 Å². The van der Waals surface area contributed by atoms with Gasteiger partial charge in [0.05, 0.1) is 12.1 Å². The largest absolute Gasteiger partial charge is 0.448 e. The average molecular weight is 227 g/mol. The molecule has 1 aliphatic carbocycles. The minimum absolute atomic E-state index is 0.216. The zero-order chi connectivity index (χ0) is 12.0. The number of fused-ring (bicyclic) bond motifs is 2. The van der Waals surface area contributed by atoms with Crippen molar-refractivity contribution >= 4 is 0 Å². The fourth-order valence-electron chi connectivity index (χ4n) is 3.04. The first-order valence-electron chi connectivity index (χ1n) is 6.05. The zero-order valence-electron chi connectivity index (χ0n) is 10.5. The lowest BCUT2D eigenvalue weighted by Gasteiger charge is -2.32. The summed E-state index contributed by atoms with van der Waals surface area (Å²) in [6.45, 7) is 6.87. The van der Waals surface area contributed by atoms with Crippen molar-refractivity contribution in [3.63, 3.8) is 0 Å². The van der Waals surface area contributed by atoms with E-state index in [2.05, 4.69) is 50.0 Å². The van der Waals surface area contributed by atoms with E-state index in [1.165, 1.54) is 17.5 Å². The van der Waals surface area contributed by atoms with Gasteiger partial charge in [-0.1, -0.05) is 45.0 Å². The summed E-state index contributed by atoms with van der Waals surface area (Å²) in [6.07, 6.45) is 3.37. The molecule has 0 saturated heterocycles. The van der Waals surface area contributed by atoms with Crippen LogP contribution in [0.4, 0.5) is 0 Å². The van der Waals surface area contributed by atoms with Gasteiger partial charge < -0.3 is 4.42 Å². The van der Waals surface area contributed by atoms with Crippen molar-refractivity contribution in [2.75, 3.05) is 0 Å². The van der Waals surface area contributed by atoms with Crippen LogP contribution in [0.25, 0.3) is 0 Å². The van der Waals surface area contributed by atoms with Gasteiger partial charge in [-0.3, -0.25) is 0 Å². The Morgan fingerprint density at radius 3 is 2.59 bits per heavy atom. The van der Waals surface area contributed by atoms with Crippen LogP contribution in [0.2, 0.25) is 0 Å². The summed E-state index contributed by atoms with van der Waals surface area (Å²) in [5.74, 6) is 1.77. The minimum Gasteiger partial charge on any atom is -0.448 e. The highest BCUT2D eigenvalue weighted by atomic mass is 16.3. The van der Waals surface area contributed by atoms with E-state index < -0.39 is 0 Å². The Morgan fingerprint density at radius 2 is 1.94 bits per heavy atom. The molecule has 1 heterocycles. The fraction of sp³-hybridized carbons (Fsp3) is 0.400. The third kappa shape index (κ3) is 1.59. The minimum atomic E-state index is 0.216. The van der Waals surface area contributed by atoms with Crippen LogP contribution in [0.5, 0.6) is 0 Å². The van der Waals surface area contributed by atoms with Gasteiger partial charge in [-0.25, -0.2) is 4.98 Å². The van der Waals surface area contributed by atoms with Crippen LogP contribution in [-0.4, -0.2) is 4.98 Å². The van der Waals surface area contributed by atoms with Crippen LogP contribution >= 0.6 is 0 Å². The molecule has 0 radical (unpaired) electrons. The maximum absolute atomic E-state index is 5.54. The molecule has 0 amide bonds. The van der Waals surface area contributed by atoms with Gasteiger partial charge in [-0.2, -0.15) is 0 Å². The Kier molecular flexibility index (Phi) is 2.15. The molecule has 1 aromatic carbocycles. The molecule has 1 aromatic heterocycles. The van der Waals surface area contributed by atoms with Crippen molar-refractivity contribution in [2.45, 2.75) is 32.6 Å². The third-order valence-electron chi connectivity index (χ3n) is 3.65. The van der Waals surface area contributed by atoms with Crippen molar-refractivity contribution in [1.29, 1.82) is 0 Å². The number of benzene rings is 1. The number of nitrogens with zero attached hydrogens (tertiary/aromatic N) is 1. The SMILES string of the molecule is CC(C)(C)C1c2cccc(c2)C1c1cnco1. The highest BCUT2D eigenvalue weighted by molar-refractivity contribution is 5.44. The van der Waals surface area contributed by atoms with Crippen LogP contribution in [0, 0.1) is 5.41 Å². The summed E-state index contributed by atoms with van der Waals surface area (Å²) in [4.78, 5) is 4.06. The standard InChI is InChI=1S/C15H17NO/c1-15(2,3)14-11-6-4-5-10(7-11)13(14)12-8-16-9-17-12/h4-9,13-14H,1-3H3. The molecule has 0 saturated carbocycles. The zero-order valence-corrected chi connectivity index (χ0v) is 10.5. The first kappa shape index (κ1) is 10.6. The Bertz CT molecular complexity index is 522. The highest BCUT2D eigenvalue weighted by Gasteiger charge is 2.41. The van der Waals surface area contributed by atoms with Gasteiger partial charge in [-0.05, 0) is 16.5 Å². The molecule has 2 unspecified atom stereocenters. The third-order valence-corrected chi connectivity index (χ3v) is 3.65. The maximum atomic E-state index is 5.54. The monoisotopic (exact) mass is 227 g/mol. The Hall–Kier alpha value is -1.57. The van der Waals surface area contributed by atoms with Crippen LogP contribution in [0.3, 0.4) is 0 Å². The molecular formula is C15H17NO. The molecule has 17 heavy (non-hydrogen) atoms. The molecule has 2 bridgehead atoms. The van der Waals surface area contributed by atoms with Crippen molar-refractivity contribution in [3.05, 3.63) is 53.7 Å². The van der Waals surface area contributed by atoms with E-state index in [0.717, 1.165) is 5.76 Å². The van der Waals surface area contributed by atoms with Gasteiger partial charge in [0, 0.05) is 5.92 Å². The van der Waals surface area contributed by atoms with E-state index in [9.17, 15) is 0 Å². The van der Waals surface area contributed by atoms with Crippen molar-refractivity contribution < 1.29 is 4.42 Å². The molecule has 3 rings (SSSR count). The van der Waals surface area contributed by atoms with Crippen LogP contribution in [0.15, 0.2) is 41.3 Å². The van der Waals surface area contributed by atoms with Crippen LogP contribution in [0.1, 0.15) is 49.5 Å². The first-order valence-corrected chi connectivity index (χ1v) is 6.05. The number of oxazole rings is 1. The van der Waals surface area contributed by atoms with E-state index in [4.69, 9.17) is 4.42 Å². The summed E-state index contributed by atoms with van der Waals surface area (Å²) in [7, 11) is 0. The van der Waals surface area contributed by atoms with Crippen LogP contribution in [-0.2, 0) is 0 Å². The van der Waals surface area contributed by atoms with E-state index in [-0.39, 0.29) is 5.41 Å². The first-order chi connectivity index (χ1) is 8.07. The van der Waals surface area contributed by atoms with E-state index in [0.29, 0.717) is 11.8 Å². The molecule has 0 N–H and O–H groups in total. The summed E-state index contributed by atoms with van der Waals surface area (Å²) < 4.78 is 5.54. The molecule has 1 aliphatic rings. The van der Waals surface area contributed by atoms with Crippen LogP contribution < -0.4 is 0 Å². The normalized spacial score (nSPS) is 23.0. The summed E-state index contributed by atoms with van der Waals surface area (Å²) in [6, 6.07) is 8.83. The van der Waals surface area contributed by atoms with Crippen molar-refractivity contribution in [2.24, 2.45) is 5.41 Å². The molecule has 2 aromatic rings. The molecule has 88 valence electrons. The van der Waals surface area contributed by atoms with Gasteiger partial charge in [0.1, 0.15) is 5.76 Å².